The lowest BCUT2D eigenvalue weighted by Crippen LogP contribution is -2.49. The molecule has 1 saturated heterocycles. The minimum Gasteiger partial charge on any atom is -0.304 e. The molecule has 0 saturated carbocycles. The highest BCUT2D eigenvalue weighted by Gasteiger charge is 2.25. The van der Waals surface area contributed by atoms with Gasteiger partial charge in [0.1, 0.15) is 0 Å². The third-order valence-corrected chi connectivity index (χ3v) is 5.63. The Balaban J connectivity index is 2.09. The Hall–Kier alpha value is -0.700. The molecule has 1 atom stereocenters. The molecule has 1 aliphatic rings. The molecule has 2 N–H and O–H groups in total. The number of likely N-dealkylation sites (N-methyl/N-ethyl adjacent to an activating group) is 1. The van der Waals surface area contributed by atoms with Gasteiger partial charge in [-0.15, -0.1) is 0 Å². The van der Waals surface area contributed by atoms with E-state index in [1.54, 1.807) is 0 Å². The molecule has 0 radical (unpaired) electrons. The van der Waals surface area contributed by atoms with E-state index in [1.807, 2.05) is 31.2 Å². The second-order valence-corrected chi connectivity index (χ2v) is 8.17. The van der Waals surface area contributed by atoms with E-state index in [0.29, 0.717) is 18.1 Å². The highest BCUT2D eigenvalue weighted by Crippen LogP contribution is 2.23. The van der Waals surface area contributed by atoms with E-state index in [9.17, 15) is 8.42 Å². The van der Waals surface area contributed by atoms with Crippen molar-refractivity contribution in [1.82, 2.24) is 19.2 Å². The Kier molecular flexibility index (Phi) is 7.46. The molecule has 1 fully saturated rings. The van der Waals surface area contributed by atoms with Crippen LogP contribution in [-0.4, -0.2) is 64.5 Å². The van der Waals surface area contributed by atoms with Crippen LogP contribution < -0.4 is 9.44 Å². The van der Waals surface area contributed by atoms with E-state index in [1.165, 1.54) is 0 Å². The van der Waals surface area contributed by atoms with Crippen LogP contribution in [0.1, 0.15) is 24.9 Å². The maximum Gasteiger partial charge on any atom is 0.276 e. The van der Waals surface area contributed by atoms with Crippen molar-refractivity contribution >= 4 is 21.8 Å². The zero-order valence-corrected chi connectivity index (χ0v) is 15.9. The van der Waals surface area contributed by atoms with Gasteiger partial charge < -0.3 is 4.90 Å². The second-order valence-electron chi connectivity index (χ2n) is 6.15. The zero-order chi connectivity index (χ0) is 17.6. The van der Waals surface area contributed by atoms with E-state index in [4.69, 9.17) is 11.6 Å². The van der Waals surface area contributed by atoms with Gasteiger partial charge in [0.05, 0.1) is 0 Å². The summed E-state index contributed by atoms with van der Waals surface area (Å²) in [4.78, 5) is 4.61. The van der Waals surface area contributed by atoms with Gasteiger partial charge in [0.25, 0.3) is 10.2 Å². The third kappa shape index (κ3) is 5.98. The summed E-state index contributed by atoms with van der Waals surface area (Å²) in [6.07, 6.45) is 0.764. The minimum atomic E-state index is -3.47. The molecule has 1 heterocycles. The van der Waals surface area contributed by atoms with Crippen LogP contribution in [0.25, 0.3) is 0 Å². The number of piperazine rings is 1. The van der Waals surface area contributed by atoms with E-state index in [0.717, 1.165) is 38.2 Å². The number of nitrogens with one attached hydrogen (secondary N) is 2. The van der Waals surface area contributed by atoms with Crippen LogP contribution in [0.4, 0.5) is 0 Å². The maximum atomic E-state index is 12.0. The van der Waals surface area contributed by atoms with Crippen LogP contribution in [0.3, 0.4) is 0 Å². The molecule has 1 unspecified atom stereocenters. The average molecular weight is 375 g/mol. The van der Waals surface area contributed by atoms with Crippen molar-refractivity contribution in [2.24, 2.45) is 0 Å². The Morgan fingerprint density at radius 2 is 1.75 bits per heavy atom. The summed E-state index contributed by atoms with van der Waals surface area (Å²) < 4.78 is 29.3. The first-order valence-electron chi connectivity index (χ1n) is 8.33. The fourth-order valence-corrected chi connectivity index (χ4v) is 3.83. The summed E-state index contributed by atoms with van der Waals surface area (Å²) in [5.74, 6) is 0. The Morgan fingerprint density at radius 3 is 2.33 bits per heavy atom. The molecular weight excluding hydrogens is 348 g/mol. The average Bonchev–Trinajstić information content (AvgIpc) is 2.56. The molecule has 6 nitrogen and oxygen atoms in total. The largest absolute Gasteiger partial charge is 0.304 e. The molecule has 0 spiro atoms. The van der Waals surface area contributed by atoms with Gasteiger partial charge >= 0.3 is 0 Å². The molecule has 1 aromatic carbocycles. The molecular formula is C16H27ClN4O2S. The maximum absolute atomic E-state index is 12.0. The number of hydrogen-bond donors (Lipinski definition) is 2. The smallest absolute Gasteiger partial charge is 0.276 e. The molecule has 0 amide bonds. The van der Waals surface area contributed by atoms with Gasteiger partial charge in [-0.05, 0) is 31.2 Å². The Labute approximate surface area is 150 Å². The van der Waals surface area contributed by atoms with Crippen molar-refractivity contribution in [3.05, 3.63) is 34.9 Å². The number of hydrogen-bond acceptors (Lipinski definition) is 4. The molecule has 24 heavy (non-hydrogen) atoms. The van der Waals surface area contributed by atoms with Crippen molar-refractivity contribution < 1.29 is 8.42 Å². The number of halogens is 1. The van der Waals surface area contributed by atoms with E-state index < -0.39 is 10.2 Å². The van der Waals surface area contributed by atoms with Crippen molar-refractivity contribution in [2.45, 2.75) is 19.4 Å². The zero-order valence-electron chi connectivity index (χ0n) is 14.3. The Bertz CT molecular complexity index is 601. The summed E-state index contributed by atoms with van der Waals surface area (Å²) >= 11 is 5.99. The predicted molar refractivity (Wildman–Crippen MR) is 98.5 cm³/mol. The van der Waals surface area contributed by atoms with Crippen LogP contribution in [0.15, 0.2) is 24.3 Å². The van der Waals surface area contributed by atoms with Gasteiger partial charge in [0, 0.05) is 50.3 Å². The monoisotopic (exact) mass is 374 g/mol. The third-order valence-electron chi connectivity index (χ3n) is 4.24. The number of benzene rings is 1. The molecule has 8 heteroatoms. The lowest BCUT2D eigenvalue weighted by Gasteiger charge is -2.38. The van der Waals surface area contributed by atoms with Gasteiger partial charge in [-0.3, -0.25) is 4.90 Å². The summed E-state index contributed by atoms with van der Waals surface area (Å²) in [6, 6.07) is 7.64. The van der Waals surface area contributed by atoms with Crippen molar-refractivity contribution in [3.8, 4) is 0 Å². The first kappa shape index (κ1) is 19.6. The number of nitrogens with zero attached hydrogens (tertiary/aromatic N) is 2. The molecule has 0 aromatic heterocycles. The second kappa shape index (κ2) is 9.12. The molecule has 1 aliphatic heterocycles. The fourth-order valence-electron chi connectivity index (χ4n) is 2.75. The SMILES string of the molecule is CCCNS(=O)(=O)NCC(c1ccc(Cl)cc1)N1CCN(C)CC1. The lowest BCUT2D eigenvalue weighted by molar-refractivity contribution is 0.113. The first-order chi connectivity index (χ1) is 11.4. The van der Waals surface area contributed by atoms with Crippen molar-refractivity contribution in [3.63, 3.8) is 0 Å². The van der Waals surface area contributed by atoms with Crippen LogP contribution in [0, 0.1) is 0 Å². The van der Waals surface area contributed by atoms with Gasteiger partial charge in [0.15, 0.2) is 0 Å². The van der Waals surface area contributed by atoms with Crippen molar-refractivity contribution in [1.29, 1.82) is 0 Å². The summed E-state index contributed by atoms with van der Waals surface area (Å²) in [5.41, 5.74) is 1.07. The summed E-state index contributed by atoms with van der Waals surface area (Å²) in [7, 11) is -1.36. The van der Waals surface area contributed by atoms with Crippen LogP contribution in [0.5, 0.6) is 0 Å². The van der Waals surface area contributed by atoms with Crippen LogP contribution in [0.2, 0.25) is 5.02 Å². The molecule has 1 aromatic rings. The van der Waals surface area contributed by atoms with E-state index >= 15 is 0 Å². The lowest BCUT2D eigenvalue weighted by atomic mass is 10.0. The Morgan fingerprint density at radius 1 is 1.12 bits per heavy atom. The summed E-state index contributed by atoms with van der Waals surface area (Å²) in [5, 5.41) is 0.682. The van der Waals surface area contributed by atoms with Gasteiger partial charge in [-0.2, -0.15) is 8.42 Å². The highest BCUT2D eigenvalue weighted by molar-refractivity contribution is 7.87. The standard InChI is InChI=1S/C16H27ClN4O2S/c1-3-8-18-24(22,23)19-13-16(14-4-6-15(17)7-5-14)21-11-9-20(2)10-12-21/h4-7,16,18-19H,3,8-13H2,1-2H3. The first-order valence-corrected chi connectivity index (χ1v) is 10.2. The fraction of sp³-hybridized carbons (Fsp3) is 0.625. The molecule has 2 rings (SSSR count). The predicted octanol–water partition coefficient (Wildman–Crippen LogP) is 1.46. The van der Waals surface area contributed by atoms with E-state index in [-0.39, 0.29) is 6.04 Å². The van der Waals surface area contributed by atoms with E-state index in [2.05, 4.69) is 26.3 Å². The molecule has 0 aliphatic carbocycles. The van der Waals surface area contributed by atoms with Crippen molar-refractivity contribution in [2.75, 3.05) is 46.3 Å². The van der Waals surface area contributed by atoms with Gasteiger partial charge in [0.2, 0.25) is 0 Å². The molecule has 136 valence electrons. The molecule has 0 bridgehead atoms. The topological polar surface area (TPSA) is 64.7 Å². The van der Waals surface area contributed by atoms with Gasteiger partial charge in [-0.25, -0.2) is 9.44 Å². The van der Waals surface area contributed by atoms with Crippen LogP contribution >= 0.6 is 11.6 Å². The normalized spacial score (nSPS) is 18.6. The van der Waals surface area contributed by atoms with Gasteiger partial charge in [-0.1, -0.05) is 30.7 Å². The number of rotatable bonds is 8. The highest BCUT2D eigenvalue weighted by atomic mass is 35.5. The quantitative estimate of drug-likeness (QED) is 0.723. The minimum absolute atomic E-state index is 0.00540. The summed E-state index contributed by atoms with van der Waals surface area (Å²) in [6.45, 7) is 6.49. The van der Waals surface area contributed by atoms with Crippen LogP contribution in [-0.2, 0) is 10.2 Å².